The van der Waals surface area contributed by atoms with Gasteiger partial charge in [-0.05, 0) is 37.8 Å². The van der Waals surface area contributed by atoms with Gasteiger partial charge in [0, 0.05) is 17.5 Å². The van der Waals surface area contributed by atoms with Gasteiger partial charge in [-0.25, -0.2) is 0 Å². The average Bonchev–Trinajstić information content (AvgIpc) is 2.86. The van der Waals surface area contributed by atoms with Crippen LogP contribution in [0, 0.1) is 0 Å². The molecular weight excluding hydrogens is 268 g/mol. The topological polar surface area (TPSA) is 41.1 Å². The van der Waals surface area contributed by atoms with E-state index in [-0.39, 0.29) is 18.0 Å². The highest BCUT2D eigenvalue weighted by atomic mass is 35.5. The highest BCUT2D eigenvalue weighted by Crippen LogP contribution is 2.39. The Morgan fingerprint density at radius 3 is 3.17 bits per heavy atom. The quantitative estimate of drug-likeness (QED) is 0.874. The number of hydrogen-bond acceptors (Lipinski definition) is 3. The van der Waals surface area contributed by atoms with Crippen molar-refractivity contribution in [3.63, 3.8) is 0 Å². The summed E-state index contributed by atoms with van der Waals surface area (Å²) in [5.74, 6) is 0.0756. The molecule has 1 aliphatic carbocycles. The molecule has 2 atom stereocenters. The maximum atomic E-state index is 11.8. The minimum absolute atomic E-state index is 0.0756. The van der Waals surface area contributed by atoms with Crippen LogP contribution in [0.25, 0.3) is 0 Å². The van der Waals surface area contributed by atoms with E-state index in [1.165, 1.54) is 10.4 Å². The van der Waals surface area contributed by atoms with E-state index in [1.807, 2.05) is 13.0 Å². The molecule has 0 saturated carbocycles. The lowest BCUT2D eigenvalue weighted by Crippen LogP contribution is -2.43. The summed E-state index contributed by atoms with van der Waals surface area (Å²) in [5, 5.41) is 6.30. The van der Waals surface area contributed by atoms with Crippen molar-refractivity contribution in [2.45, 2.75) is 45.2 Å². The molecule has 3 nitrogen and oxygen atoms in total. The van der Waals surface area contributed by atoms with Crippen LogP contribution in [0.15, 0.2) is 6.07 Å². The van der Waals surface area contributed by atoms with E-state index in [0.717, 1.165) is 30.1 Å². The molecule has 0 radical (unpaired) electrons. The molecule has 1 aliphatic rings. The van der Waals surface area contributed by atoms with E-state index < -0.39 is 0 Å². The predicted octanol–water partition coefficient (Wildman–Crippen LogP) is 2.89. The van der Waals surface area contributed by atoms with Gasteiger partial charge in [0.2, 0.25) is 5.91 Å². The van der Waals surface area contributed by atoms with Gasteiger partial charge < -0.3 is 5.32 Å². The maximum Gasteiger partial charge on any atom is 0.236 e. The van der Waals surface area contributed by atoms with Crippen LogP contribution >= 0.6 is 22.9 Å². The number of nitrogens with one attached hydrogen (secondary N) is 2. The Labute approximate surface area is 117 Å². The fourth-order valence-corrected chi connectivity index (χ4v) is 3.64. The molecule has 1 aromatic heterocycles. The molecule has 0 aromatic carbocycles. The van der Waals surface area contributed by atoms with Gasteiger partial charge in [0.25, 0.3) is 0 Å². The zero-order valence-corrected chi connectivity index (χ0v) is 12.3. The lowest BCUT2D eigenvalue weighted by atomic mass is 10.1. The third-order valence-corrected chi connectivity index (χ3v) is 4.58. The van der Waals surface area contributed by atoms with Gasteiger partial charge in [-0.2, -0.15) is 0 Å². The number of amides is 1. The second-order valence-electron chi connectivity index (χ2n) is 4.70. The first kappa shape index (κ1) is 13.8. The number of fused-ring (bicyclic) bond motifs is 1. The molecule has 0 bridgehead atoms. The molecule has 0 fully saturated rings. The van der Waals surface area contributed by atoms with Crippen molar-refractivity contribution >= 4 is 28.8 Å². The first-order valence-corrected chi connectivity index (χ1v) is 7.63. The fourth-order valence-electron chi connectivity index (χ4n) is 2.28. The summed E-state index contributed by atoms with van der Waals surface area (Å²) in [7, 11) is 0. The zero-order chi connectivity index (χ0) is 13.1. The van der Waals surface area contributed by atoms with E-state index in [1.54, 1.807) is 11.3 Å². The summed E-state index contributed by atoms with van der Waals surface area (Å²) < 4.78 is 0.842. The number of halogens is 1. The second kappa shape index (κ2) is 6.04. The van der Waals surface area contributed by atoms with Gasteiger partial charge in [-0.1, -0.05) is 18.5 Å². The standard InChI is InChI=1S/C13H19ClN2OS/c1-3-6-15-13(17)8(2)16-10-4-5-11-9(10)7-12(14)18-11/h7-8,10,16H,3-6H2,1-2H3,(H,15,17). The van der Waals surface area contributed by atoms with Crippen molar-refractivity contribution in [3.8, 4) is 0 Å². The fraction of sp³-hybridized carbons (Fsp3) is 0.615. The molecule has 2 rings (SSSR count). The van der Waals surface area contributed by atoms with Crippen molar-refractivity contribution in [2.75, 3.05) is 6.54 Å². The number of hydrogen-bond donors (Lipinski definition) is 2. The molecule has 0 aliphatic heterocycles. The van der Waals surface area contributed by atoms with Crippen LogP contribution in [0.1, 0.15) is 43.2 Å². The number of carbonyl (C=O) groups excluding carboxylic acids is 1. The van der Waals surface area contributed by atoms with Gasteiger partial charge in [0.15, 0.2) is 0 Å². The molecular formula is C13H19ClN2OS. The molecule has 2 N–H and O–H groups in total. The lowest BCUT2D eigenvalue weighted by Gasteiger charge is -2.19. The summed E-state index contributed by atoms with van der Waals surface area (Å²) >= 11 is 7.68. The molecule has 0 saturated heterocycles. The van der Waals surface area contributed by atoms with Crippen LogP contribution in [0.4, 0.5) is 0 Å². The largest absolute Gasteiger partial charge is 0.355 e. The zero-order valence-electron chi connectivity index (χ0n) is 10.8. The first-order valence-electron chi connectivity index (χ1n) is 6.43. The van der Waals surface area contributed by atoms with Gasteiger partial charge in [0.05, 0.1) is 10.4 Å². The maximum absolute atomic E-state index is 11.8. The molecule has 1 heterocycles. The van der Waals surface area contributed by atoms with Crippen LogP contribution in [0.5, 0.6) is 0 Å². The molecule has 0 spiro atoms. The SMILES string of the molecule is CCCNC(=O)C(C)NC1CCc2sc(Cl)cc21. The van der Waals surface area contributed by atoms with E-state index in [2.05, 4.69) is 17.6 Å². The van der Waals surface area contributed by atoms with E-state index in [4.69, 9.17) is 11.6 Å². The third kappa shape index (κ3) is 3.05. The van der Waals surface area contributed by atoms with Crippen molar-refractivity contribution in [3.05, 3.63) is 20.8 Å². The molecule has 1 amide bonds. The molecule has 18 heavy (non-hydrogen) atoms. The number of carbonyl (C=O) groups is 1. The van der Waals surface area contributed by atoms with Gasteiger partial charge in [-0.15, -0.1) is 11.3 Å². The third-order valence-electron chi connectivity index (χ3n) is 3.24. The smallest absolute Gasteiger partial charge is 0.236 e. The Kier molecular flexibility index (Phi) is 4.65. The van der Waals surface area contributed by atoms with Gasteiger partial charge in [0.1, 0.15) is 0 Å². The van der Waals surface area contributed by atoms with Crippen LogP contribution in [-0.4, -0.2) is 18.5 Å². The monoisotopic (exact) mass is 286 g/mol. The van der Waals surface area contributed by atoms with Crippen LogP contribution < -0.4 is 10.6 Å². The minimum Gasteiger partial charge on any atom is -0.355 e. The Bertz CT molecular complexity index is 433. The Morgan fingerprint density at radius 2 is 2.44 bits per heavy atom. The van der Waals surface area contributed by atoms with Gasteiger partial charge in [-0.3, -0.25) is 10.1 Å². The number of aryl methyl sites for hydroxylation is 1. The van der Waals surface area contributed by atoms with Crippen LogP contribution in [0.2, 0.25) is 4.34 Å². The van der Waals surface area contributed by atoms with Crippen molar-refractivity contribution in [1.29, 1.82) is 0 Å². The van der Waals surface area contributed by atoms with E-state index >= 15 is 0 Å². The summed E-state index contributed by atoms with van der Waals surface area (Å²) in [6.07, 6.45) is 3.09. The molecule has 100 valence electrons. The molecule has 1 aromatic rings. The first-order chi connectivity index (χ1) is 8.61. The summed E-state index contributed by atoms with van der Waals surface area (Å²) in [6, 6.07) is 2.14. The lowest BCUT2D eigenvalue weighted by molar-refractivity contribution is -0.122. The Hall–Kier alpha value is -0.580. The van der Waals surface area contributed by atoms with Crippen molar-refractivity contribution < 1.29 is 4.79 Å². The van der Waals surface area contributed by atoms with Crippen LogP contribution in [-0.2, 0) is 11.2 Å². The summed E-state index contributed by atoms with van der Waals surface area (Å²) in [6.45, 7) is 4.71. The van der Waals surface area contributed by atoms with Crippen LogP contribution in [0.3, 0.4) is 0 Å². The minimum atomic E-state index is -0.161. The van der Waals surface area contributed by atoms with Gasteiger partial charge >= 0.3 is 0 Å². The molecule has 5 heteroatoms. The Morgan fingerprint density at radius 1 is 1.67 bits per heavy atom. The number of thiophene rings is 1. The Balaban J connectivity index is 1.92. The summed E-state index contributed by atoms with van der Waals surface area (Å²) in [4.78, 5) is 13.2. The van der Waals surface area contributed by atoms with E-state index in [9.17, 15) is 4.79 Å². The molecule has 2 unspecified atom stereocenters. The normalized spacial score (nSPS) is 19.6. The van der Waals surface area contributed by atoms with Crippen molar-refractivity contribution in [2.24, 2.45) is 0 Å². The predicted molar refractivity (Wildman–Crippen MR) is 76.3 cm³/mol. The average molecular weight is 287 g/mol. The second-order valence-corrected chi connectivity index (χ2v) is 6.47. The number of rotatable bonds is 5. The highest BCUT2D eigenvalue weighted by Gasteiger charge is 2.27. The highest BCUT2D eigenvalue weighted by molar-refractivity contribution is 7.16. The van der Waals surface area contributed by atoms with Crippen molar-refractivity contribution in [1.82, 2.24) is 10.6 Å². The summed E-state index contributed by atoms with van der Waals surface area (Å²) in [5.41, 5.74) is 1.28. The van der Waals surface area contributed by atoms with E-state index in [0.29, 0.717) is 0 Å².